The zero-order valence-corrected chi connectivity index (χ0v) is 20.5. The molecule has 1 unspecified atom stereocenters. The van der Waals surface area contributed by atoms with Gasteiger partial charge in [-0.1, -0.05) is 26.0 Å². The molecule has 11 heteroatoms. The van der Waals surface area contributed by atoms with Crippen molar-refractivity contribution in [3.05, 3.63) is 53.6 Å². The van der Waals surface area contributed by atoms with Gasteiger partial charge in [-0.05, 0) is 48.7 Å². The zero-order chi connectivity index (χ0) is 25.8. The van der Waals surface area contributed by atoms with E-state index < -0.39 is 26.8 Å². The third-order valence-electron chi connectivity index (χ3n) is 5.50. The summed E-state index contributed by atoms with van der Waals surface area (Å²) in [4.78, 5) is 13.8. The molecule has 0 aromatic heterocycles. The molecular formula is C24H28F3NO6S. The van der Waals surface area contributed by atoms with E-state index in [9.17, 15) is 26.4 Å². The molecule has 0 aliphatic carbocycles. The first-order chi connectivity index (χ1) is 16.4. The van der Waals surface area contributed by atoms with Gasteiger partial charge in [-0.3, -0.25) is 4.79 Å². The third-order valence-corrected chi connectivity index (χ3v) is 6.73. The van der Waals surface area contributed by atoms with E-state index in [0.717, 1.165) is 31.0 Å². The predicted octanol–water partition coefficient (Wildman–Crippen LogP) is 4.65. The smallest absolute Gasteiger partial charge is 0.416 e. The molecule has 0 radical (unpaired) electrons. The van der Waals surface area contributed by atoms with Gasteiger partial charge in [-0.25, -0.2) is 0 Å². The van der Waals surface area contributed by atoms with Gasteiger partial charge in [-0.2, -0.15) is 21.6 Å². The molecule has 192 valence electrons. The first-order valence-corrected chi connectivity index (χ1v) is 12.5. The molecule has 0 spiro atoms. The van der Waals surface area contributed by atoms with Crippen LogP contribution in [-0.2, 0) is 32.4 Å². The fourth-order valence-corrected chi connectivity index (χ4v) is 4.71. The second kappa shape index (κ2) is 10.9. The number of rotatable bonds is 9. The van der Waals surface area contributed by atoms with Crippen LogP contribution in [-0.4, -0.2) is 45.6 Å². The van der Waals surface area contributed by atoms with Crippen molar-refractivity contribution < 1.29 is 40.0 Å². The highest BCUT2D eigenvalue weighted by Crippen LogP contribution is 2.34. The Bertz CT molecular complexity index is 1140. The fraction of sp³-hybridized carbons (Fsp3) is 0.458. The van der Waals surface area contributed by atoms with Crippen LogP contribution in [0, 0.1) is 5.92 Å². The fourth-order valence-electron chi connectivity index (χ4n) is 3.73. The van der Waals surface area contributed by atoms with Crippen LogP contribution in [0.4, 0.5) is 13.2 Å². The number of carbonyl (C=O) groups excluding carboxylic acids is 1. The molecule has 1 aliphatic rings. The summed E-state index contributed by atoms with van der Waals surface area (Å²) >= 11 is 0. The van der Waals surface area contributed by atoms with Crippen LogP contribution in [0.5, 0.6) is 11.5 Å². The van der Waals surface area contributed by atoms with E-state index in [1.165, 1.54) is 19.2 Å². The van der Waals surface area contributed by atoms with Crippen LogP contribution in [0.15, 0.2) is 47.4 Å². The quantitative estimate of drug-likeness (QED) is 0.453. The molecular weight excluding hydrogens is 487 g/mol. The minimum absolute atomic E-state index is 0.0742. The Hall–Kier alpha value is -2.79. The highest BCUT2D eigenvalue weighted by atomic mass is 32.2. The first kappa shape index (κ1) is 26.8. The molecule has 35 heavy (non-hydrogen) atoms. The van der Waals surface area contributed by atoms with E-state index in [1.54, 1.807) is 24.8 Å². The van der Waals surface area contributed by atoms with E-state index in [1.807, 2.05) is 0 Å². The summed E-state index contributed by atoms with van der Waals surface area (Å²) in [6.07, 6.45) is -3.03. The Kier molecular flexibility index (Phi) is 8.32. The summed E-state index contributed by atoms with van der Waals surface area (Å²) in [6.45, 7) is 4.77. The second-order valence-corrected chi connectivity index (χ2v) is 10.1. The van der Waals surface area contributed by atoms with Gasteiger partial charge in [0.15, 0.2) is 11.5 Å². The molecule has 1 heterocycles. The van der Waals surface area contributed by atoms with Crippen molar-refractivity contribution in [2.75, 3.05) is 20.3 Å². The van der Waals surface area contributed by atoms with Gasteiger partial charge in [0.1, 0.15) is 4.90 Å². The van der Waals surface area contributed by atoms with Crippen LogP contribution in [0.3, 0.4) is 0 Å². The molecule has 3 rings (SSSR count). The van der Waals surface area contributed by atoms with E-state index >= 15 is 0 Å². The van der Waals surface area contributed by atoms with Crippen LogP contribution >= 0.6 is 0 Å². The van der Waals surface area contributed by atoms with Gasteiger partial charge in [-0.15, -0.1) is 0 Å². The Balaban J connectivity index is 1.88. The maximum absolute atomic E-state index is 13.0. The number of amides is 1. The number of hydrogen-bond acceptors (Lipinski definition) is 6. The molecule has 1 aliphatic heterocycles. The van der Waals surface area contributed by atoms with Gasteiger partial charge in [0.2, 0.25) is 5.91 Å². The van der Waals surface area contributed by atoms with Crippen LogP contribution < -0.4 is 8.92 Å². The molecule has 2 aromatic carbocycles. The molecule has 0 saturated carbocycles. The number of hydrogen-bond donors (Lipinski definition) is 0. The lowest BCUT2D eigenvalue weighted by molar-refractivity contribution is -0.138. The second-order valence-electron chi connectivity index (χ2n) is 8.56. The number of methoxy groups -OCH3 is 1. The molecule has 1 fully saturated rings. The van der Waals surface area contributed by atoms with Crippen molar-refractivity contribution in [2.24, 2.45) is 5.92 Å². The summed E-state index contributed by atoms with van der Waals surface area (Å²) < 4.78 is 80.8. The van der Waals surface area contributed by atoms with Gasteiger partial charge in [0.25, 0.3) is 0 Å². The normalized spacial score (nSPS) is 16.4. The zero-order valence-electron chi connectivity index (χ0n) is 19.7. The van der Waals surface area contributed by atoms with E-state index in [2.05, 4.69) is 0 Å². The Labute approximate surface area is 202 Å². The summed E-state index contributed by atoms with van der Waals surface area (Å²) in [7, 11) is -3.29. The van der Waals surface area contributed by atoms with Gasteiger partial charge in [0, 0.05) is 25.6 Å². The van der Waals surface area contributed by atoms with E-state index in [-0.39, 0.29) is 36.0 Å². The summed E-state index contributed by atoms with van der Waals surface area (Å²) in [5.74, 6) is -0.469. The maximum atomic E-state index is 13.0. The van der Waals surface area contributed by atoms with Crippen molar-refractivity contribution in [3.8, 4) is 11.5 Å². The van der Waals surface area contributed by atoms with Crippen LogP contribution in [0.1, 0.15) is 37.8 Å². The van der Waals surface area contributed by atoms with Crippen molar-refractivity contribution in [1.29, 1.82) is 0 Å². The average molecular weight is 516 g/mol. The van der Waals surface area contributed by atoms with Crippen molar-refractivity contribution in [1.82, 2.24) is 4.90 Å². The highest BCUT2D eigenvalue weighted by molar-refractivity contribution is 7.87. The highest BCUT2D eigenvalue weighted by Gasteiger charge is 2.32. The molecule has 7 nitrogen and oxygen atoms in total. The van der Waals surface area contributed by atoms with Gasteiger partial charge >= 0.3 is 16.3 Å². The maximum Gasteiger partial charge on any atom is 0.416 e. The largest absolute Gasteiger partial charge is 0.493 e. The number of benzene rings is 2. The third kappa shape index (κ3) is 6.88. The standard InChI is InChI=1S/C24H28F3NO6S/c1-16(2)23(29)28(15-19-7-5-11-33-19)14-17-9-10-21(32-3)22(12-17)34-35(30,31)20-8-4-6-18(13-20)24(25,26)27/h4,6,8-10,12-13,16,19H,5,7,11,14-15H2,1-3H3. The van der Waals surface area contributed by atoms with Gasteiger partial charge < -0.3 is 18.6 Å². The minimum atomic E-state index is -4.71. The van der Waals surface area contributed by atoms with Crippen molar-refractivity contribution in [2.45, 2.75) is 50.4 Å². The number of ether oxygens (including phenoxy) is 2. The Morgan fingerprint density at radius 2 is 1.91 bits per heavy atom. The average Bonchev–Trinajstić information content (AvgIpc) is 3.31. The summed E-state index contributed by atoms with van der Waals surface area (Å²) in [6, 6.07) is 7.85. The Morgan fingerprint density at radius 3 is 2.51 bits per heavy atom. The van der Waals surface area contributed by atoms with E-state index in [4.69, 9.17) is 13.7 Å². The number of halogens is 3. The number of nitrogens with zero attached hydrogens (tertiary/aromatic N) is 1. The summed E-state index contributed by atoms with van der Waals surface area (Å²) in [5.41, 5.74) is -0.549. The van der Waals surface area contributed by atoms with E-state index in [0.29, 0.717) is 24.8 Å². The summed E-state index contributed by atoms with van der Waals surface area (Å²) in [5, 5.41) is 0. The molecule has 0 N–H and O–H groups in total. The van der Waals surface area contributed by atoms with Crippen LogP contribution in [0.2, 0.25) is 0 Å². The lowest BCUT2D eigenvalue weighted by atomic mass is 10.1. The molecule has 2 aromatic rings. The monoisotopic (exact) mass is 515 g/mol. The van der Waals surface area contributed by atoms with Crippen LogP contribution in [0.25, 0.3) is 0 Å². The minimum Gasteiger partial charge on any atom is -0.493 e. The lowest BCUT2D eigenvalue weighted by Crippen LogP contribution is -2.39. The van der Waals surface area contributed by atoms with Crippen molar-refractivity contribution >= 4 is 16.0 Å². The molecule has 1 atom stereocenters. The predicted molar refractivity (Wildman–Crippen MR) is 121 cm³/mol. The van der Waals surface area contributed by atoms with Gasteiger partial charge in [0.05, 0.1) is 18.8 Å². The topological polar surface area (TPSA) is 82.1 Å². The molecule has 1 saturated heterocycles. The molecule has 0 bridgehead atoms. The molecule has 1 amide bonds. The lowest BCUT2D eigenvalue weighted by Gasteiger charge is -2.27. The number of alkyl halides is 3. The number of carbonyl (C=O) groups is 1. The first-order valence-electron chi connectivity index (χ1n) is 11.1. The van der Waals surface area contributed by atoms with Crippen molar-refractivity contribution in [3.63, 3.8) is 0 Å². The Morgan fingerprint density at radius 1 is 1.17 bits per heavy atom. The SMILES string of the molecule is COc1ccc(CN(CC2CCCO2)C(=O)C(C)C)cc1OS(=O)(=O)c1cccc(C(F)(F)F)c1.